The highest BCUT2D eigenvalue weighted by molar-refractivity contribution is 7.22. The third-order valence-electron chi connectivity index (χ3n) is 4.93. The number of hydrogen-bond donors (Lipinski definition) is 1. The molecule has 134 valence electrons. The number of thiazole rings is 1. The number of nitrogens with zero attached hydrogens (tertiary/aromatic N) is 2. The number of anilines is 1. The lowest BCUT2D eigenvalue weighted by Gasteiger charge is -2.31. The van der Waals surface area contributed by atoms with Gasteiger partial charge < -0.3 is 10.2 Å². The molecular weight excluding hydrogens is 342 g/mol. The highest BCUT2D eigenvalue weighted by atomic mass is 32.1. The van der Waals surface area contributed by atoms with Crippen LogP contribution in [-0.4, -0.2) is 24.0 Å². The van der Waals surface area contributed by atoms with Crippen molar-refractivity contribution in [2.24, 2.45) is 5.92 Å². The quantitative estimate of drug-likeness (QED) is 0.756. The summed E-state index contributed by atoms with van der Waals surface area (Å²) < 4.78 is 1.20. The summed E-state index contributed by atoms with van der Waals surface area (Å²) in [6.07, 6.45) is 1.97. The van der Waals surface area contributed by atoms with Crippen molar-refractivity contribution in [3.05, 3.63) is 59.7 Å². The molecule has 4 nitrogen and oxygen atoms in total. The summed E-state index contributed by atoms with van der Waals surface area (Å²) in [5.41, 5.74) is 3.42. The molecular formula is C21H23N3OS. The van der Waals surface area contributed by atoms with E-state index in [-0.39, 0.29) is 11.8 Å². The van der Waals surface area contributed by atoms with Gasteiger partial charge in [0.15, 0.2) is 5.13 Å². The first kappa shape index (κ1) is 17.0. The van der Waals surface area contributed by atoms with Gasteiger partial charge in [-0.3, -0.25) is 4.79 Å². The summed E-state index contributed by atoms with van der Waals surface area (Å²) in [5.74, 6) is 0.178. The van der Waals surface area contributed by atoms with Crippen molar-refractivity contribution in [2.75, 3.05) is 18.0 Å². The van der Waals surface area contributed by atoms with Gasteiger partial charge >= 0.3 is 0 Å². The Bertz CT molecular complexity index is 870. The summed E-state index contributed by atoms with van der Waals surface area (Å²) in [6.45, 7) is 4.39. The minimum Gasteiger partial charge on any atom is -0.352 e. The number of amides is 1. The molecule has 1 amide bonds. The van der Waals surface area contributed by atoms with Gasteiger partial charge in [0, 0.05) is 19.6 Å². The normalized spacial score (nSPS) is 17.4. The van der Waals surface area contributed by atoms with Crippen molar-refractivity contribution in [3.8, 4) is 0 Å². The minimum absolute atomic E-state index is 0.0289. The van der Waals surface area contributed by atoms with Crippen molar-refractivity contribution < 1.29 is 4.79 Å². The van der Waals surface area contributed by atoms with Crippen molar-refractivity contribution in [3.63, 3.8) is 0 Å². The third kappa shape index (κ3) is 3.73. The zero-order chi connectivity index (χ0) is 17.9. The van der Waals surface area contributed by atoms with Crippen LogP contribution in [0.2, 0.25) is 0 Å². The van der Waals surface area contributed by atoms with Crippen LogP contribution < -0.4 is 10.2 Å². The van der Waals surface area contributed by atoms with E-state index in [1.165, 1.54) is 10.3 Å². The summed E-state index contributed by atoms with van der Waals surface area (Å²) in [4.78, 5) is 19.6. The first-order valence-electron chi connectivity index (χ1n) is 9.13. The van der Waals surface area contributed by atoms with E-state index in [9.17, 15) is 4.79 Å². The molecule has 1 aliphatic rings. The molecule has 1 unspecified atom stereocenters. The number of para-hydroxylation sites is 1. The van der Waals surface area contributed by atoms with Crippen LogP contribution in [0.15, 0.2) is 48.5 Å². The lowest BCUT2D eigenvalue weighted by Crippen LogP contribution is -2.42. The van der Waals surface area contributed by atoms with Crippen LogP contribution in [-0.2, 0) is 11.3 Å². The highest BCUT2D eigenvalue weighted by Gasteiger charge is 2.27. The average Bonchev–Trinajstić information content (AvgIpc) is 3.12. The van der Waals surface area contributed by atoms with Crippen molar-refractivity contribution in [1.82, 2.24) is 10.3 Å². The van der Waals surface area contributed by atoms with Crippen LogP contribution in [0.5, 0.6) is 0 Å². The molecule has 1 saturated heterocycles. The van der Waals surface area contributed by atoms with Crippen LogP contribution in [0.1, 0.15) is 24.0 Å². The maximum Gasteiger partial charge on any atom is 0.225 e. The van der Waals surface area contributed by atoms with Gasteiger partial charge in [0.25, 0.3) is 0 Å². The zero-order valence-corrected chi connectivity index (χ0v) is 15.8. The smallest absolute Gasteiger partial charge is 0.225 e. The van der Waals surface area contributed by atoms with Crippen LogP contribution in [0.4, 0.5) is 5.13 Å². The molecule has 0 radical (unpaired) electrons. The summed E-state index contributed by atoms with van der Waals surface area (Å²) >= 11 is 1.71. The van der Waals surface area contributed by atoms with Gasteiger partial charge in [0.05, 0.1) is 16.1 Å². The van der Waals surface area contributed by atoms with E-state index < -0.39 is 0 Å². The Morgan fingerprint density at radius 1 is 1.23 bits per heavy atom. The van der Waals surface area contributed by atoms with E-state index in [0.717, 1.165) is 42.1 Å². The number of aryl methyl sites for hydroxylation is 1. The molecule has 3 aromatic rings. The Hall–Kier alpha value is -2.40. The van der Waals surface area contributed by atoms with E-state index in [2.05, 4.69) is 47.5 Å². The Morgan fingerprint density at radius 2 is 2.04 bits per heavy atom. The van der Waals surface area contributed by atoms with Crippen molar-refractivity contribution >= 4 is 32.6 Å². The Balaban J connectivity index is 1.39. The molecule has 0 saturated carbocycles. The molecule has 1 atom stereocenters. The van der Waals surface area contributed by atoms with Gasteiger partial charge in [-0.05, 0) is 37.5 Å². The number of benzene rings is 2. The highest BCUT2D eigenvalue weighted by Crippen LogP contribution is 2.31. The second-order valence-corrected chi connectivity index (χ2v) is 7.96. The van der Waals surface area contributed by atoms with E-state index in [1.54, 1.807) is 11.3 Å². The molecule has 1 N–H and O–H groups in total. The first-order chi connectivity index (χ1) is 12.7. The van der Waals surface area contributed by atoms with E-state index in [0.29, 0.717) is 6.54 Å². The lowest BCUT2D eigenvalue weighted by atomic mass is 9.97. The summed E-state index contributed by atoms with van der Waals surface area (Å²) in [6, 6.07) is 16.5. The third-order valence-corrected chi connectivity index (χ3v) is 6.03. The molecule has 1 fully saturated rings. The molecule has 0 aliphatic carbocycles. The van der Waals surface area contributed by atoms with Crippen molar-refractivity contribution in [2.45, 2.75) is 26.3 Å². The van der Waals surface area contributed by atoms with Gasteiger partial charge in [0.2, 0.25) is 5.91 Å². The maximum atomic E-state index is 12.6. The number of piperidine rings is 1. The number of fused-ring (bicyclic) bond motifs is 1. The molecule has 2 aromatic carbocycles. The van der Waals surface area contributed by atoms with Crippen LogP contribution in [0.3, 0.4) is 0 Å². The van der Waals surface area contributed by atoms with Gasteiger partial charge in [-0.2, -0.15) is 0 Å². The predicted octanol–water partition coefficient (Wildman–Crippen LogP) is 4.14. The van der Waals surface area contributed by atoms with Crippen molar-refractivity contribution in [1.29, 1.82) is 0 Å². The molecule has 2 heterocycles. The summed E-state index contributed by atoms with van der Waals surface area (Å²) in [7, 11) is 0. The molecule has 5 heteroatoms. The Kier molecular flexibility index (Phi) is 4.89. The van der Waals surface area contributed by atoms with Crippen LogP contribution in [0.25, 0.3) is 10.2 Å². The average molecular weight is 366 g/mol. The first-order valence-corrected chi connectivity index (χ1v) is 9.94. The summed E-state index contributed by atoms with van der Waals surface area (Å²) in [5, 5.41) is 4.13. The largest absolute Gasteiger partial charge is 0.352 e. The molecule has 1 aliphatic heterocycles. The SMILES string of the molecule is Cc1ccc(CNC(=O)C2CCCN(c3nc4ccccc4s3)C2)cc1. The monoisotopic (exact) mass is 365 g/mol. The van der Waals surface area contributed by atoms with E-state index in [4.69, 9.17) is 4.98 Å². The van der Waals surface area contributed by atoms with Crippen LogP contribution in [0, 0.1) is 12.8 Å². The fourth-order valence-corrected chi connectivity index (χ4v) is 4.40. The molecule has 0 bridgehead atoms. The van der Waals surface area contributed by atoms with Gasteiger partial charge in [0.1, 0.15) is 0 Å². The van der Waals surface area contributed by atoms with Crippen LogP contribution >= 0.6 is 11.3 Å². The Morgan fingerprint density at radius 3 is 2.85 bits per heavy atom. The number of carbonyl (C=O) groups is 1. The van der Waals surface area contributed by atoms with E-state index >= 15 is 0 Å². The van der Waals surface area contributed by atoms with Gasteiger partial charge in [-0.15, -0.1) is 0 Å². The van der Waals surface area contributed by atoms with E-state index in [1.807, 2.05) is 18.2 Å². The fraction of sp³-hybridized carbons (Fsp3) is 0.333. The molecule has 1 aromatic heterocycles. The van der Waals surface area contributed by atoms with Gasteiger partial charge in [-0.25, -0.2) is 4.98 Å². The molecule has 4 rings (SSSR count). The minimum atomic E-state index is 0.0289. The second kappa shape index (κ2) is 7.46. The molecule has 26 heavy (non-hydrogen) atoms. The standard InChI is InChI=1S/C21H23N3OS/c1-15-8-10-16(11-9-15)13-22-20(25)17-5-4-12-24(14-17)21-23-18-6-2-3-7-19(18)26-21/h2-3,6-11,17H,4-5,12-14H2,1H3,(H,22,25). The number of rotatable bonds is 4. The molecule has 0 spiro atoms. The number of nitrogens with one attached hydrogen (secondary N) is 1. The number of carbonyl (C=O) groups excluding carboxylic acids is 1. The predicted molar refractivity (Wildman–Crippen MR) is 108 cm³/mol. The zero-order valence-electron chi connectivity index (χ0n) is 14.9. The number of aromatic nitrogens is 1. The topological polar surface area (TPSA) is 45.2 Å². The second-order valence-electron chi connectivity index (χ2n) is 6.95. The Labute approximate surface area is 157 Å². The van der Waals surface area contributed by atoms with Gasteiger partial charge in [-0.1, -0.05) is 53.3 Å². The maximum absolute atomic E-state index is 12.6. The fourth-order valence-electron chi connectivity index (χ4n) is 3.40. The lowest BCUT2D eigenvalue weighted by molar-refractivity contribution is -0.125. The number of hydrogen-bond acceptors (Lipinski definition) is 4.